The quantitative estimate of drug-likeness (QED) is 0.875. The maximum Gasteiger partial charge on any atom is 0.125 e. The van der Waals surface area contributed by atoms with E-state index in [4.69, 9.17) is 11.6 Å². The highest BCUT2D eigenvalue weighted by atomic mass is 79.9. The van der Waals surface area contributed by atoms with Crippen molar-refractivity contribution < 1.29 is 9.50 Å². The fourth-order valence-electron chi connectivity index (χ4n) is 1.61. The van der Waals surface area contributed by atoms with Crippen LogP contribution in [0.4, 0.5) is 4.39 Å². The highest BCUT2D eigenvalue weighted by Crippen LogP contribution is 2.30. The van der Waals surface area contributed by atoms with E-state index in [0.29, 0.717) is 11.1 Å². The summed E-state index contributed by atoms with van der Waals surface area (Å²) < 4.78 is 14.0. The van der Waals surface area contributed by atoms with E-state index in [2.05, 4.69) is 15.9 Å². The van der Waals surface area contributed by atoms with Gasteiger partial charge in [0.05, 0.1) is 0 Å². The Morgan fingerprint density at radius 2 is 1.88 bits per heavy atom. The number of aliphatic hydroxyl groups is 1. The zero-order chi connectivity index (χ0) is 12.4. The van der Waals surface area contributed by atoms with Gasteiger partial charge >= 0.3 is 0 Å². The highest BCUT2D eigenvalue weighted by molar-refractivity contribution is 9.10. The molecule has 0 amide bonds. The summed E-state index contributed by atoms with van der Waals surface area (Å²) in [6.07, 6.45) is -0.904. The monoisotopic (exact) mass is 314 g/mol. The summed E-state index contributed by atoms with van der Waals surface area (Å²) in [7, 11) is 0. The Morgan fingerprint density at radius 1 is 1.18 bits per heavy atom. The van der Waals surface area contributed by atoms with Crippen molar-refractivity contribution in [1.29, 1.82) is 0 Å². The van der Waals surface area contributed by atoms with Crippen LogP contribution in [-0.4, -0.2) is 5.11 Å². The first-order valence-electron chi connectivity index (χ1n) is 4.96. The van der Waals surface area contributed by atoms with E-state index in [1.807, 2.05) is 18.2 Å². The summed E-state index contributed by atoms with van der Waals surface area (Å²) >= 11 is 9.10. The van der Waals surface area contributed by atoms with Crippen molar-refractivity contribution in [1.82, 2.24) is 0 Å². The number of aliphatic hydroxyl groups excluding tert-OH is 1. The molecule has 2 aromatic rings. The van der Waals surface area contributed by atoms with Gasteiger partial charge in [-0.25, -0.2) is 4.39 Å². The number of hydrogen-bond acceptors (Lipinski definition) is 1. The predicted octanol–water partition coefficient (Wildman–Crippen LogP) is 4.32. The molecule has 1 N–H and O–H groups in total. The van der Waals surface area contributed by atoms with Crippen molar-refractivity contribution >= 4 is 27.5 Å². The van der Waals surface area contributed by atoms with Gasteiger partial charge in [0.1, 0.15) is 11.9 Å². The summed E-state index contributed by atoms with van der Waals surface area (Å²) in [6, 6.07) is 11.3. The van der Waals surface area contributed by atoms with E-state index in [-0.39, 0.29) is 5.02 Å². The number of benzene rings is 2. The van der Waals surface area contributed by atoms with Gasteiger partial charge in [-0.2, -0.15) is 0 Å². The maximum atomic E-state index is 13.2. The van der Waals surface area contributed by atoms with Gasteiger partial charge < -0.3 is 5.11 Å². The van der Waals surface area contributed by atoms with Crippen LogP contribution in [0.5, 0.6) is 0 Å². The Bertz CT molecular complexity index is 524. The summed E-state index contributed by atoms with van der Waals surface area (Å²) in [5.74, 6) is -0.460. The molecule has 0 aliphatic rings. The van der Waals surface area contributed by atoms with E-state index in [0.717, 1.165) is 4.47 Å². The molecule has 0 fully saturated rings. The molecule has 0 spiro atoms. The summed E-state index contributed by atoms with van der Waals surface area (Å²) in [6.45, 7) is 0. The van der Waals surface area contributed by atoms with Crippen LogP contribution in [0.15, 0.2) is 46.9 Å². The molecule has 88 valence electrons. The van der Waals surface area contributed by atoms with E-state index < -0.39 is 11.9 Å². The molecule has 1 nitrogen and oxygen atoms in total. The second-order valence-corrected chi connectivity index (χ2v) is 4.92. The van der Waals surface area contributed by atoms with Crippen molar-refractivity contribution in [3.05, 3.63) is 68.9 Å². The number of rotatable bonds is 2. The fourth-order valence-corrected chi connectivity index (χ4v) is 2.34. The Balaban J connectivity index is 2.43. The Hall–Kier alpha value is -0.900. The van der Waals surface area contributed by atoms with Gasteiger partial charge in [-0.05, 0) is 35.4 Å². The van der Waals surface area contributed by atoms with Crippen LogP contribution in [0.1, 0.15) is 17.2 Å². The zero-order valence-corrected chi connectivity index (χ0v) is 11.0. The lowest BCUT2D eigenvalue weighted by Crippen LogP contribution is -2.01. The Morgan fingerprint density at radius 3 is 2.53 bits per heavy atom. The van der Waals surface area contributed by atoms with Gasteiger partial charge in [0.2, 0.25) is 0 Å². The molecule has 0 bridgehead atoms. The molecule has 2 aromatic carbocycles. The van der Waals surface area contributed by atoms with Crippen LogP contribution in [-0.2, 0) is 0 Å². The van der Waals surface area contributed by atoms with Gasteiger partial charge in [-0.3, -0.25) is 0 Å². The van der Waals surface area contributed by atoms with Crippen molar-refractivity contribution in [3.8, 4) is 0 Å². The molecule has 0 aliphatic carbocycles. The molecular formula is C13H9BrClFO. The SMILES string of the molecule is OC(c1cc(F)cc(Cl)c1)c1ccccc1Br. The van der Waals surface area contributed by atoms with Crippen LogP contribution in [0, 0.1) is 5.82 Å². The van der Waals surface area contributed by atoms with Crippen LogP contribution in [0.2, 0.25) is 5.02 Å². The first-order valence-corrected chi connectivity index (χ1v) is 6.13. The van der Waals surface area contributed by atoms with Gasteiger partial charge in [0.25, 0.3) is 0 Å². The lowest BCUT2D eigenvalue weighted by Gasteiger charge is -2.13. The van der Waals surface area contributed by atoms with Crippen LogP contribution in [0.25, 0.3) is 0 Å². The van der Waals surface area contributed by atoms with Gasteiger partial charge in [0.15, 0.2) is 0 Å². The molecule has 0 aliphatic heterocycles. The van der Waals surface area contributed by atoms with E-state index in [9.17, 15) is 9.50 Å². The molecule has 0 saturated carbocycles. The summed E-state index contributed by atoms with van der Waals surface area (Å²) in [5.41, 5.74) is 1.11. The standard InChI is InChI=1S/C13H9BrClFO/c14-12-4-2-1-3-11(12)13(17)8-5-9(15)7-10(16)6-8/h1-7,13,17H. The first-order chi connectivity index (χ1) is 8.08. The molecule has 0 radical (unpaired) electrons. The van der Waals surface area contributed by atoms with Crippen LogP contribution >= 0.6 is 27.5 Å². The average molecular weight is 316 g/mol. The van der Waals surface area contributed by atoms with E-state index in [1.54, 1.807) is 12.1 Å². The van der Waals surface area contributed by atoms with Gasteiger partial charge in [-0.15, -0.1) is 0 Å². The fraction of sp³-hybridized carbons (Fsp3) is 0.0769. The summed E-state index contributed by atoms with van der Waals surface area (Å²) in [4.78, 5) is 0. The Kier molecular flexibility index (Phi) is 3.82. The second-order valence-electron chi connectivity index (χ2n) is 3.63. The van der Waals surface area contributed by atoms with Crippen molar-refractivity contribution in [2.24, 2.45) is 0 Å². The molecule has 1 unspecified atom stereocenters. The maximum absolute atomic E-state index is 13.2. The second kappa shape index (κ2) is 5.17. The van der Waals surface area contributed by atoms with Crippen molar-refractivity contribution in [2.75, 3.05) is 0 Å². The van der Waals surface area contributed by atoms with Crippen LogP contribution < -0.4 is 0 Å². The molecule has 0 aromatic heterocycles. The lowest BCUT2D eigenvalue weighted by molar-refractivity contribution is 0.219. The van der Waals surface area contributed by atoms with Gasteiger partial charge in [-0.1, -0.05) is 45.7 Å². The minimum Gasteiger partial charge on any atom is -0.384 e. The predicted molar refractivity (Wildman–Crippen MR) is 69.6 cm³/mol. The zero-order valence-electron chi connectivity index (χ0n) is 8.70. The summed E-state index contributed by atoms with van der Waals surface area (Å²) in [5, 5.41) is 10.4. The van der Waals surface area contributed by atoms with Gasteiger partial charge in [0, 0.05) is 9.50 Å². The smallest absolute Gasteiger partial charge is 0.125 e. The number of hydrogen-bond donors (Lipinski definition) is 1. The third kappa shape index (κ3) is 2.86. The molecule has 0 saturated heterocycles. The number of halogens is 3. The van der Waals surface area contributed by atoms with Crippen molar-refractivity contribution in [2.45, 2.75) is 6.10 Å². The van der Waals surface area contributed by atoms with Crippen molar-refractivity contribution in [3.63, 3.8) is 0 Å². The van der Waals surface area contributed by atoms with Crippen LogP contribution in [0.3, 0.4) is 0 Å². The average Bonchev–Trinajstić information content (AvgIpc) is 2.27. The Labute approximate surface area is 112 Å². The third-order valence-electron chi connectivity index (χ3n) is 2.40. The lowest BCUT2D eigenvalue weighted by atomic mass is 10.0. The molecule has 4 heteroatoms. The normalized spacial score (nSPS) is 12.5. The van der Waals surface area contributed by atoms with E-state index in [1.165, 1.54) is 12.1 Å². The topological polar surface area (TPSA) is 20.2 Å². The minimum absolute atomic E-state index is 0.270. The highest BCUT2D eigenvalue weighted by Gasteiger charge is 2.14. The first kappa shape index (κ1) is 12.6. The molecule has 17 heavy (non-hydrogen) atoms. The largest absolute Gasteiger partial charge is 0.384 e. The third-order valence-corrected chi connectivity index (χ3v) is 3.34. The molecule has 2 rings (SSSR count). The molecular weight excluding hydrogens is 306 g/mol. The molecule has 0 heterocycles. The van der Waals surface area contributed by atoms with E-state index >= 15 is 0 Å². The minimum atomic E-state index is -0.904. The molecule has 1 atom stereocenters.